The number of nitrogen functional groups attached to an aromatic ring is 1. The van der Waals surface area contributed by atoms with Crippen LogP contribution in [0.3, 0.4) is 0 Å². The highest BCUT2D eigenvalue weighted by atomic mass is 16.1. The number of nitrogens with two attached hydrogens (primary N) is 1. The zero-order valence-electron chi connectivity index (χ0n) is 6.82. The van der Waals surface area contributed by atoms with Crippen molar-refractivity contribution in [2.45, 2.75) is 6.92 Å². The minimum absolute atomic E-state index is 0.665. The maximum Gasteiger partial charge on any atom is 0.142 e. The van der Waals surface area contributed by atoms with Gasteiger partial charge in [-0.15, -0.1) is 0 Å². The lowest BCUT2D eigenvalue weighted by molar-refractivity contribution is -0.104. The van der Waals surface area contributed by atoms with Gasteiger partial charge in [0, 0.05) is 0 Å². The number of hydrogen-bond donors (Lipinski definition) is 1. The number of aryl methyl sites for hydroxylation is 1. The van der Waals surface area contributed by atoms with Gasteiger partial charge in [-0.2, -0.15) is 0 Å². The summed E-state index contributed by atoms with van der Waals surface area (Å²) in [6.45, 7) is 1.83. The van der Waals surface area contributed by atoms with Crippen LogP contribution in [0.5, 0.6) is 0 Å². The van der Waals surface area contributed by atoms with Crippen LogP contribution in [0.1, 0.15) is 11.4 Å². The average Bonchev–Trinajstić information content (AvgIpc) is 2.07. The molecule has 2 N–H and O–H groups in total. The Hall–Kier alpha value is -1.64. The van der Waals surface area contributed by atoms with Gasteiger partial charge < -0.3 is 5.73 Å². The Kier molecular flexibility index (Phi) is 2.58. The second-order valence-electron chi connectivity index (χ2n) is 2.41. The first-order chi connectivity index (χ1) is 5.74. The van der Waals surface area contributed by atoms with Gasteiger partial charge in [0.15, 0.2) is 0 Å². The molecule has 62 valence electrons. The number of aldehydes is 1. The lowest BCUT2D eigenvalue weighted by Crippen LogP contribution is -1.93. The lowest BCUT2D eigenvalue weighted by Gasteiger charge is -1.98. The smallest absolute Gasteiger partial charge is 0.142 e. The monoisotopic (exact) mass is 162 g/mol. The number of anilines is 1. The Morgan fingerprint density at radius 2 is 2.25 bits per heavy atom. The third kappa shape index (κ3) is 1.92. The van der Waals surface area contributed by atoms with E-state index in [0.29, 0.717) is 12.0 Å². The fourth-order valence-corrected chi connectivity index (χ4v) is 0.822. The van der Waals surface area contributed by atoms with Crippen LogP contribution in [-0.2, 0) is 4.79 Å². The van der Waals surface area contributed by atoms with Gasteiger partial charge in [0.2, 0.25) is 0 Å². The van der Waals surface area contributed by atoms with Crippen LogP contribution in [0.15, 0.2) is 18.2 Å². The zero-order valence-corrected chi connectivity index (χ0v) is 6.82. The van der Waals surface area contributed by atoms with Gasteiger partial charge in [0.25, 0.3) is 0 Å². The van der Waals surface area contributed by atoms with Crippen molar-refractivity contribution < 1.29 is 4.79 Å². The van der Waals surface area contributed by atoms with E-state index in [1.165, 1.54) is 6.08 Å². The van der Waals surface area contributed by atoms with Gasteiger partial charge in [-0.05, 0) is 31.2 Å². The molecule has 0 radical (unpaired) electrons. The van der Waals surface area contributed by atoms with Crippen LogP contribution in [-0.4, -0.2) is 11.3 Å². The molecular formula is C9H10N2O. The Bertz CT molecular complexity index is 318. The van der Waals surface area contributed by atoms with Gasteiger partial charge in [0.05, 0.1) is 17.1 Å². The lowest BCUT2D eigenvalue weighted by atomic mass is 10.2. The molecule has 0 aromatic carbocycles. The molecule has 1 aromatic rings. The van der Waals surface area contributed by atoms with Gasteiger partial charge in [-0.25, -0.2) is 0 Å². The summed E-state index contributed by atoms with van der Waals surface area (Å²) in [7, 11) is 0. The van der Waals surface area contributed by atoms with Gasteiger partial charge >= 0.3 is 0 Å². The largest absolute Gasteiger partial charge is 0.397 e. The summed E-state index contributed by atoms with van der Waals surface area (Å²) in [6.07, 6.45) is 3.75. The fraction of sp³-hybridized carbons (Fsp3) is 0.111. The summed E-state index contributed by atoms with van der Waals surface area (Å²) >= 11 is 0. The van der Waals surface area contributed by atoms with E-state index < -0.39 is 0 Å². The number of rotatable bonds is 2. The minimum atomic E-state index is 0.665. The Labute approximate surface area is 70.9 Å². The van der Waals surface area contributed by atoms with E-state index in [1.54, 1.807) is 18.2 Å². The molecule has 0 atom stereocenters. The third-order valence-corrected chi connectivity index (χ3v) is 1.49. The number of allylic oxidation sites excluding steroid dienone is 1. The summed E-state index contributed by atoms with van der Waals surface area (Å²) in [5.41, 5.74) is 7.75. The number of aromatic nitrogens is 1. The molecule has 0 amide bonds. The number of hydrogen-bond acceptors (Lipinski definition) is 3. The Morgan fingerprint density at radius 1 is 1.50 bits per heavy atom. The summed E-state index contributed by atoms with van der Waals surface area (Å²) in [5, 5.41) is 0. The van der Waals surface area contributed by atoms with Crippen molar-refractivity contribution >= 4 is 18.0 Å². The summed E-state index contributed by atoms with van der Waals surface area (Å²) in [5.74, 6) is 0. The van der Waals surface area contributed by atoms with Crippen molar-refractivity contribution in [3.8, 4) is 0 Å². The van der Waals surface area contributed by atoms with E-state index in [0.717, 1.165) is 11.4 Å². The van der Waals surface area contributed by atoms with E-state index in [9.17, 15) is 4.79 Å². The molecule has 0 unspecified atom stereocenters. The van der Waals surface area contributed by atoms with Crippen LogP contribution in [0.2, 0.25) is 0 Å². The first kappa shape index (κ1) is 8.46. The summed E-state index contributed by atoms with van der Waals surface area (Å²) < 4.78 is 0. The molecule has 1 aromatic heterocycles. The molecule has 3 nitrogen and oxygen atoms in total. The minimum Gasteiger partial charge on any atom is -0.397 e. The second-order valence-corrected chi connectivity index (χ2v) is 2.41. The van der Waals surface area contributed by atoms with Crippen molar-refractivity contribution in [1.82, 2.24) is 4.98 Å². The molecule has 0 aliphatic heterocycles. The third-order valence-electron chi connectivity index (χ3n) is 1.49. The van der Waals surface area contributed by atoms with Crippen molar-refractivity contribution in [3.63, 3.8) is 0 Å². The molecule has 1 heterocycles. The van der Waals surface area contributed by atoms with E-state index in [2.05, 4.69) is 4.98 Å². The first-order valence-electron chi connectivity index (χ1n) is 3.59. The quantitative estimate of drug-likeness (QED) is 0.524. The SMILES string of the molecule is Cc1nc(C=CC=O)ccc1N. The number of carbonyl (C=O) groups excluding carboxylic acids is 1. The fourth-order valence-electron chi connectivity index (χ4n) is 0.822. The van der Waals surface area contributed by atoms with Crippen LogP contribution >= 0.6 is 0 Å². The highest BCUT2D eigenvalue weighted by molar-refractivity contribution is 5.73. The molecule has 0 spiro atoms. The Morgan fingerprint density at radius 3 is 2.83 bits per heavy atom. The highest BCUT2D eigenvalue weighted by Gasteiger charge is 1.93. The highest BCUT2D eigenvalue weighted by Crippen LogP contribution is 2.08. The van der Waals surface area contributed by atoms with Gasteiger partial charge in [-0.1, -0.05) is 0 Å². The van der Waals surface area contributed by atoms with Crippen LogP contribution in [0.25, 0.3) is 6.08 Å². The normalized spacial score (nSPS) is 10.4. The van der Waals surface area contributed by atoms with Crippen molar-refractivity contribution in [2.75, 3.05) is 5.73 Å². The maximum absolute atomic E-state index is 9.99. The molecule has 0 aliphatic rings. The summed E-state index contributed by atoms with van der Waals surface area (Å²) in [4.78, 5) is 14.1. The molecule has 0 saturated carbocycles. The standard InChI is InChI=1S/C9H10N2O/c1-7-9(10)5-4-8(11-7)3-2-6-12/h2-6H,10H2,1H3. The first-order valence-corrected chi connectivity index (χ1v) is 3.59. The summed E-state index contributed by atoms with van der Waals surface area (Å²) in [6, 6.07) is 3.54. The second kappa shape index (κ2) is 3.67. The molecule has 0 fully saturated rings. The van der Waals surface area contributed by atoms with E-state index in [-0.39, 0.29) is 0 Å². The van der Waals surface area contributed by atoms with Crippen molar-refractivity contribution in [2.24, 2.45) is 0 Å². The van der Waals surface area contributed by atoms with E-state index in [1.807, 2.05) is 6.92 Å². The Balaban J connectivity index is 2.96. The van der Waals surface area contributed by atoms with Gasteiger partial charge in [-0.3, -0.25) is 9.78 Å². The molecule has 0 saturated heterocycles. The van der Waals surface area contributed by atoms with E-state index >= 15 is 0 Å². The molecule has 12 heavy (non-hydrogen) atoms. The molecule has 0 aliphatic carbocycles. The number of carbonyl (C=O) groups is 1. The molecule has 0 bridgehead atoms. The topological polar surface area (TPSA) is 56.0 Å². The molecule has 1 rings (SSSR count). The number of nitrogens with zero attached hydrogens (tertiary/aromatic N) is 1. The zero-order chi connectivity index (χ0) is 8.97. The average molecular weight is 162 g/mol. The van der Waals surface area contributed by atoms with Crippen LogP contribution in [0, 0.1) is 6.92 Å². The van der Waals surface area contributed by atoms with Crippen molar-refractivity contribution in [3.05, 3.63) is 29.6 Å². The van der Waals surface area contributed by atoms with Crippen LogP contribution < -0.4 is 5.73 Å². The van der Waals surface area contributed by atoms with Gasteiger partial charge in [0.1, 0.15) is 6.29 Å². The van der Waals surface area contributed by atoms with Crippen molar-refractivity contribution in [1.29, 1.82) is 0 Å². The molecule has 3 heteroatoms. The van der Waals surface area contributed by atoms with Crippen LogP contribution in [0.4, 0.5) is 5.69 Å². The number of pyridine rings is 1. The maximum atomic E-state index is 9.99. The predicted molar refractivity (Wildman–Crippen MR) is 48.5 cm³/mol. The molecular weight excluding hydrogens is 152 g/mol. The predicted octanol–water partition coefficient (Wildman–Crippen LogP) is 1.18. The van der Waals surface area contributed by atoms with E-state index in [4.69, 9.17) is 5.73 Å².